The third-order valence-corrected chi connectivity index (χ3v) is 6.72. The van der Waals surface area contributed by atoms with Crippen LogP contribution in [0.5, 0.6) is 0 Å². The molecule has 0 radical (unpaired) electrons. The Labute approximate surface area is 237 Å². The number of hydrazine groups is 2. The van der Waals surface area contributed by atoms with Crippen LogP contribution in [-0.4, -0.2) is 54.9 Å². The highest BCUT2D eigenvalue weighted by Crippen LogP contribution is 2.19. The molecule has 2 aromatic carbocycles. The Balaban J connectivity index is 0.000000256. The standard InChI is InChI=1S/C12H11ClN2O2S.C12H14N4O2S.H4N2O/c1-18(16,17)8-9-2-4-10(5-3-9)11-6-7-12(13)15-14-11;1-19(17,18)8-9-2-4-10(5-3-9)11-6-7-12(14-13)16-15-11;1-2-3/h2-7H,8H2,1H3;2-7H,8,13H2,1H3,(H,14,16);2-3H,1H2. The second-order valence-corrected chi connectivity index (χ2v) is 13.0. The van der Waals surface area contributed by atoms with Crippen molar-refractivity contribution in [3.05, 3.63) is 89.1 Å². The number of hydrogen-bond donors (Lipinski definition) is 5. The van der Waals surface area contributed by atoms with Gasteiger partial charge in [-0.1, -0.05) is 60.1 Å². The predicted octanol–water partition coefficient (Wildman–Crippen LogP) is 2.15. The molecule has 0 aliphatic rings. The smallest absolute Gasteiger partial charge is 0.162 e. The third-order valence-electron chi connectivity index (χ3n) is 4.80. The molecule has 0 fully saturated rings. The van der Waals surface area contributed by atoms with E-state index in [1.165, 1.54) is 18.1 Å². The van der Waals surface area contributed by atoms with Crippen LogP contribution in [0.15, 0.2) is 72.8 Å². The molecule has 214 valence electrons. The van der Waals surface area contributed by atoms with Gasteiger partial charge in [-0.15, -0.1) is 26.0 Å². The number of anilines is 1. The largest absolute Gasteiger partial charge is 0.307 e. The zero-order valence-corrected chi connectivity index (χ0v) is 23.9. The van der Waals surface area contributed by atoms with Crippen LogP contribution in [0, 0.1) is 0 Å². The molecular weight excluding hydrogens is 580 g/mol. The van der Waals surface area contributed by atoms with Crippen LogP contribution in [0.1, 0.15) is 11.1 Å². The van der Waals surface area contributed by atoms with Crippen LogP contribution >= 0.6 is 11.6 Å². The minimum absolute atomic E-state index is 0.0367. The Hall–Kier alpha value is -3.57. The molecule has 0 saturated carbocycles. The highest BCUT2D eigenvalue weighted by atomic mass is 35.5. The average Bonchev–Trinajstić information content (AvgIpc) is 2.89. The first-order valence-electron chi connectivity index (χ1n) is 11.3. The van der Waals surface area contributed by atoms with Gasteiger partial charge in [-0.3, -0.25) is 0 Å². The summed E-state index contributed by atoms with van der Waals surface area (Å²) in [6, 6.07) is 21.3. The maximum absolute atomic E-state index is 11.2. The molecule has 16 heteroatoms. The van der Waals surface area contributed by atoms with Gasteiger partial charge in [0.25, 0.3) is 0 Å². The molecule has 0 saturated heterocycles. The van der Waals surface area contributed by atoms with Gasteiger partial charge in [-0.25, -0.2) is 28.5 Å². The molecule has 0 spiro atoms. The fraction of sp³-hybridized carbons (Fsp3) is 0.167. The summed E-state index contributed by atoms with van der Waals surface area (Å²) in [5.74, 6) is 9.92. The molecule has 4 rings (SSSR count). The summed E-state index contributed by atoms with van der Waals surface area (Å²) in [5.41, 5.74) is 8.29. The lowest BCUT2D eigenvalue weighted by atomic mass is 10.1. The summed E-state index contributed by atoms with van der Waals surface area (Å²) in [7, 11) is -6.02. The minimum Gasteiger partial charge on any atom is -0.307 e. The molecule has 13 nitrogen and oxygen atoms in total. The Morgan fingerprint density at radius 2 is 1.07 bits per heavy atom. The van der Waals surface area contributed by atoms with Crippen LogP contribution in [0.25, 0.3) is 22.5 Å². The SMILES string of the molecule is CS(=O)(=O)Cc1ccc(-c2ccc(Cl)nn2)cc1.CS(=O)(=O)Cc1ccc(-c2ccc(NN)nn2)cc1.NNO. The van der Waals surface area contributed by atoms with Gasteiger partial charge in [0.1, 0.15) is 0 Å². The van der Waals surface area contributed by atoms with E-state index >= 15 is 0 Å². The number of sulfone groups is 2. The van der Waals surface area contributed by atoms with Crippen molar-refractivity contribution >= 4 is 37.1 Å². The van der Waals surface area contributed by atoms with Crippen LogP contribution in [0.3, 0.4) is 0 Å². The van der Waals surface area contributed by atoms with Gasteiger partial charge >= 0.3 is 0 Å². The van der Waals surface area contributed by atoms with Crippen LogP contribution in [-0.2, 0) is 31.2 Å². The lowest BCUT2D eigenvalue weighted by molar-refractivity contribution is 0.169. The number of nitrogens with two attached hydrogens (primary N) is 2. The van der Waals surface area contributed by atoms with E-state index in [1.807, 2.05) is 24.3 Å². The van der Waals surface area contributed by atoms with Crippen LogP contribution < -0.4 is 22.7 Å². The summed E-state index contributed by atoms with van der Waals surface area (Å²) in [4.78, 5) is 0. The maximum Gasteiger partial charge on any atom is 0.162 e. The number of hydrogen-bond acceptors (Lipinski definition) is 13. The van der Waals surface area contributed by atoms with Gasteiger partial charge < -0.3 is 10.6 Å². The summed E-state index contributed by atoms with van der Waals surface area (Å²) in [6.45, 7) is 0. The number of rotatable bonds is 7. The molecule has 0 bridgehead atoms. The van der Waals surface area contributed by atoms with Crippen molar-refractivity contribution in [2.45, 2.75) is 11.5 Å². The Morgan fingerprint density at radius 1 is 0.675 bits per heavy atom. The Bertz CT molecular complexity index is 1550. The summed E-state index contributed by atoms with van der Waals surface area (Å²) >= 11 is 5.66. The first kappa shape index (κ1) is 32.6. The van der Waals surface area contributed by atoms with Crippen LogP contribution in [0.2, 0.25) is 5.15 Å². The topological polar surface area (TPSA) is 216 Å². The first-order valence-corrected chi connectivity index (χ1v) is 15.8. The van der Waals surface area contributed by atoms with E-state index in [0.29, 0.717) is 22.4 Å². The van der Waals surface area contributed by atoms with E-state index < -0.39 is 19.7 Å². The second-order valence-electron chi connectivity index (χ2n) is 8.35. The molecule has 4 aromatic rings. The van der Waals surface area contributed by atoms with E-state index in [0.717, 1.165) is 22.3 Å². The van der Waals surface area contributed by atoms with Crippen molar-refractivity contribution in [3.63, 3.8) is 0 Å². The van der Waals surface area contributed by atoms with Gasteiger partial charge in [0.2, 0.25) is 0 Å². The lowest BCUT2D eigenvalue weighted by Gasteiger charge is -2.03. The van der Waals surface area contributed by atoms with Crippen LogP contribution in [0.4, 0.5) is 5.82 Å². The maximum atomic E-state index is 11.2. The van der Waals surface area contributed by atoms with Gasteiger partial charge in [-0.05, 0) is 35.4 Å². The fourth-order valence-corrected chi connectivity index (χ4v) is 4.88. The molecular formula is C24H29ClN8O5S2. The number of nitrogen functional groups attached to an aromatic ring is 1. The van der Waals surface area contributed by atoms with E-state index in [9.17, 15) is 16.8 Å². The molecule has 0 aliphatic heterocycles. The quantitative estimate of drug-likeness (QED) is 0.150. The van der Waals surface area contributed by atoms with Crippen molar-refractivity contribution in [2.75, 3.05) is 17.9 Å². The van der Waals surface area contributed by atoms with Gasteiger partial charge in [0, 0.05) is 23.6 Å². The summed E-state index contributed by atoms with van der Waals surface area (Å²) < 4.78 is 44.7. The normalized spacial score (nSPS) is 10.9. The number of nitrogens with zero attached hydrogens (tertiary/aromatic N) is 4. The molecule has 0 unspecified atom stereocenters. The fourth-order valence-electron chi connectivity index (χ4n) is 3.18. The number of benzene rings is 2. The van der Waals surface area contributed by atoms with Gasteiger partial charge in [0.15, 0.2) is 30.6 Å². The van der Waals surface area contributed by atoms with E-state index in [4.69, 9.17) is 22.7 Å². The average molecular weight is 609 g/mol. The third kappa shape index (κ3) is 12.1. The highest BCUT2D eigenvalue weighted by molar-refractivity contribution is 7.90. The molecule has 7 N–H and O–H groups in total. The monoisotopic (exact) mass is 608 g/mol. The summed E-state index contributed by atoms with van der Waals surface area (Å²) in [5, 5.41) is 23.0. The molecule has 0 amide bonds. The van der Waals surface area contributed by atoms with E-state index in [1.54, 1.807) is 48.5 Å². The van der Waals surface area contributed by atoms with E-state index in [-0.39, 0.29) is 11.5 Å². The number of halogens is 1. The van der Waals surface area contributed by atoms with E-state index in [2.05, 4.69) is 31.7 Å². The van der Waals surface area contributed by atoms with Crippen molar-refractivity contribution < 1.29 is 22.0 Å². The zero-order valence-electron chi connectivity index (χ0n) is 21.6. The van der Waals surface area contributed by atoms with Crippen molar-refractivity contribution in [1.29, 1.82) is 0 Å². The minimum atomic E-state index is -3.01. The molecule has 0 atom stereocenters. The zero-order chi connectivity index (χ0) is 29.8. The molecule has 2 heterocycles. The number of nitrogens with one attached hydrogen (secondary N) is 2. The van der Waals surface area contributed by atoms with Gasteiger partial charge in [-0.2, -0.15) is 0 Å². The molecule has 40 heavy (non-hydrogen) atoms. The number of aromatic nitrogens is 4. The second kappa shape index (κ2) is 15.3. The first-order chi connectivity index (χ1) is 18.8. The van der Waals surface area contributed by atoms with Gasteiger partial charge in [0.05, 0.1) is 22.9 Å². The van der Waals surface area contributed by atoms with Crippen molar-refractivity contribution in [3.8, 4) is 22.5 Å². The van der Waals surface area contributed by atoms with Crippen molar-refractivity contribution in [2.24, 2.45) is 11.7 Å². The summed E-state index contributed by atoms with van der Waals surface area (Å²) in [6.07, 6.45) is 2.43. The Morgan fingerprint density at radius 3 is 1.38 bits per heavy atom. The molecule has 2 aromatic heterocycles. The lowest BCUT2D eigenvalue weighted by Crippen LogP contribution is -2.14. The van der Waals surface area contributed by atoms with Crippen molar-refractivity contribution in [1.82, 2.24) is 26.0 Å². The predicted molar refractivity (Wildman–Crippen MR) is 154 cm³/mol. The highest BCUT2D eigenvalue weighted by Gasteiger charge is 2.07. The Kier molecular flexibility index (Phi) is 12.5. The molecule has 0 aliphatic carbocycles.